The molecular formula is C16H32N4. The molecule has 1 saturated heterocycles. The Labute approximate surface area is 124 Å². The lowest BCUT2D eigenvalue weighted by molar-refractivity contribution is 0.255. The van der Waals surface area contributed by atoms with Crippen molar-refractivity contribution in [1.82, 2.24) is 15.1 Å². The van der Waals surface area contributed by atoms with Crippen molar-refractivity contribution in [2.45, 2.75) is 33.6 Å². The fraction of sp³-hybridized carbons (Fsp3) is 0.812. The molecule has 0 aromatic carbocycles. The molecule has 0 aliphatic carbocycles. The van der Waals surface area contributed by atoms with Crippen LogP contribution in [0.5, 0.6) is 0 Å². The van der Waals surface area contributed by atoms with E-state index in [9.17, 15) is 0 Å². The Morgan fingerprint density at radius 2 is 2.15 bits per heavy atom. The van der Waals surface area contributed by atoms with E-state index in [0.717, 1.165) is 51.0 Å². The van der Waals surface area contributed by atoms with Crippen LogP contribution in [0, 0.1) is 5.92 Å². The molecule has 4 nitrogen and oxygen atoms in total. The maximum Gasteiger partial charge on any atom is 0.193 e. The number of allylic oxidation sites excluding steroid dienone is 1. The van der Waals surface area contributed by atoms with Gasteiger partial charge in [0.15, 0.2) is 5.96 Å². The lowest BCUT2D eigenvalue weighted by Crippen LogP contribution is -2.41. The highest BCUT2D eigenvalue weighted by Crippen LogP contribution is 2.17. The summed E-state index contributed by atoms with van der Waals surface area (Å²) in [6.07, 6.45) is 6.63. The van der Waals surface area contributed by atoms with Gasteiger partial charge >= 0.3 is 0 Å². The second kappa shape index (κ2) is 9.81. The minimum absolute atomic E-state index is 0.781. The molecule has 0 radical (unpaired) electrons. The van der Waals surface area contributed by atoms with E-state index in [0.29, 0.717) is 0 Å². The minimum Gasteiger partial charge on any atom is -0.356 e. The molecule has 1 rings (SSSR count). The number of guanidine groups is 1. The van der Waals surface area contributed by atoms with Crippen molar-refractivity contribution in [2.75, 3.05) is 46.3 Å². The summed E-state index contributed by atoms with van der Waals surface area (Å²) in [6.45, 7) is 13.3. The second-order valence-electron chi connectivity index (χ2n) is 5.42. The number of hydrogen-bond donors (Lipinski definition) is 1. The highest BCUT2D eigenvalue weighted by Gasteiger charge is 2.25. The zero-order chi connectivity index (χ0) is 14.8. The van der Waals surface area contributed by atoms with Crippen LogP contribution in [0.25, 0.3) is 0 Å². The Morgan fingerprint density at radius 3 is 2.75 bits per heavy atom. The van der Waals surface area contributed by atoms with Gasteiger partial charge < -0.3 is 15.1 Å². The van der Waals surface area contributed by atoms with E-state index in [1.54, 1.807) is 0 Å². The van der Waals surface area contributed by atoms with Crippen molar-refractivity contribution in [1.29, 1.82) is 0 Å². The average molecular weight is 280 g/mol. The molecular weight excluding hydrogens is 248 g/mol. The third-order valence-electron chi connectivity index (χ3n) is 4.04. The van der Waals surface area contributed by atoms with Crippen LogP contribution >= 0.6 is 0 Å². The molecule has 0 saturated carbocycles. The van der Waals surface area contributed by atoms with E-state index in [1.165, 1.54) is 13.0 Å². The first kappa shape index (κ1) is 17.0. The lowest BCUT2D eigenvalue weighted by atomic mass is 10.1. The Hall–Kier alpha value is -1.03. The van der Waals surface area contributed by atoms with Crippen LogP contribution in [-0.2, 0) is 0 Å². The molecule has 0 bridgehead atoms. The van der Waals surface area contributed by atoms with Gasteiger partial charge in [-0.2, -0.15) is 0 Å². The molecule has 0 aromatic heterocycles. The van der Waals surface area contributed by atoms with Gasteiger partial charge in [0.05, 0.1) is 0 Å². The fourth-order valence-corrected chi connectivity index (χ4v) is 2.79. The molecule has 1 fully saturated rings. The molecule has 1 N–H and O–H groups in total. The summed E-state index contributed by atoms with van der Waals surface area (Å²) in [5.74, 6) is 1.85. The van der Waals surface area contributed by atoms with Gasteiger partial charge in [0.25, 0.3) is 0 Å². The fourth-order valence-electron chi connectivity index (χ4n) is 2.79. The molecule has 116 valence electrons. The van der Waals surface area contributed by atoms with Gasteiger partial charge in [-0.05, 0) is 38.8 Å². The SMILES string of the molecule is C/C=C/CCNC(=NC)N1CCC(CN(CC)CC)C1. The molecule has 1 aliphatic heterocycles. The van der Waals surface area contributed by atoms with Crippen LogP contribution in [0.15, 0.2) is 17.1 Å². The number of rotatable bonds is 7. The van der Waals surface area contributed by atoms with Gasteiger partial charge in [-0.1, -0.05) is 26.0 Å². The summed E-state index contributed by atoms with van der Waals surface area (Å²) in [4.78, 5) is 9.35. The number of nitrogens with zero attached hydrogens (tertiary/aromatic N) is 3. The highest BCUT2D eigenvalue weighted by atomic mass is 15.3. The zero-order valence-electron chi connectivity index (χ0n) is 13.7. The van der Waals surface area contributed by atoms with Crippen molar-refractivity contribution in [3.05, 3.63) is 12.2 Å². The average Bonchev–Trinajstić information content (AvgIpc) is 2.93. The van der Waals surface area contributed by atoms with Crippen LogP contribution in [0.4, 0.5) is 0 Å². The molecule has 0 amide bonds. The van der Waals surface area contributed by atoms with Gasteiger partial charge in [0.2, 0.25) is 0 Å². The summed E-state index contributed by atoms with van der Waals surface area (Å²) in [5, 5.41) is 3.46. The van der Waals surface area contributed by atoms with Gasteiger partial charge in [0, 0.05) is 33.2 Å². The number of aliphatic imine (C=N–C) groups is 1. The molecule has 4 heteroatoms. The Bertz CT molecular complexity index is 308. The van der Waals surface area contributed by atoms with E-state index < -0.39 is 0 Å². The standard InChI is InChI=1S/C16H32N4/c1-5-8-9-11-18-16(17-4)20-12-10-15(14-20)13-19(6-2)7-3/h5,8,15H,6-7,9-14H2,1-4H3,(H,17,18)/b8-5+. The molecule has 1 atom stereocenters. The Kier molecular flexibility index (Phi) is 8.35. The molecule has 0 aromatic rings. The smallest absolute Gasteiger partial charge is 0.193 e. The first-order valence-corrected chi connectivity index (χ1v) is 8.04. The molecule has 1 unspecified atom stereocenters. The zero-order valence-corrected chi connectivity index (χ0v) is 13.7. The molecule has 1 heterocycles. The van der Waals surface area contributed by atoms with E-state index in [2.05, 4.69) is 53.0 Å². The topological polar surface area (TPSA) is 30.9 Å². The van der Waals surface area contributed by atoms with Crippen LogP contribution in [0.1, 0.15) is 33.6 Å². The predicted octanol–water partition coefficient (Wildman–Crippen LogP) is 2.19. The van der Waals surface area contributed by atoms with Gasteiger partial charge in [-0.3, -0.25) is 4.99 Å². The van der Waals surface area contributed by atoms with Crippen molar-refractivity contribution in [3.63, 3.8) is 0 Å². The number of hydrogen-bond acceptors (Lipinski definition) is 2. The van der Waals surface area contributed by atoms with Crippen LogP contribution in [0.3, 0.4) is 0 Å². The van der Waals surface area contributed by atoms with Crippen molar-refractivity contribution >= 4 is 5.96 Å². The molecule has 0 spiro atoms. The van der Waals surface area contributed by atoms with E-state index in [-0.39, 0.29) is 0 Å². The van der Waals surface area contributed by atoms with Crippen molar-refractivity contribution in [2.24, 2.45) is 10.9 Å². The van der Waals surface area contributed by atoms with E-state index in [4.69, 9.17) is 0 Å². The first-order chi connectivity index (χ1) is 9.74. The van der Waals surface area contributed by atoms with E-state index in [1.807, 2.05) is 7.05 Å². The largest absolute Gasteiger partial charge is 0.356 e. The molecule has 20 heavy (non-hydrogen) atoms. The Balaban J connectivity index is 2.36. The predicted molar refractivity (Wildman–Crippen MR) is 88.3 cm³/mol. The summed E-state index contributed by atoms with van der Waals surface area (Å²) in [6, 6.07) is 0. The lowest BCUT2D eigenvalue weighted by Gasteiger charge is -2.24. The maximum atomic E-state index is 4.42. The van der Waals surface area contributed by atoms with Crippen LogP contribution in [-0.4, -0.2) is 62.1 Å². The van der Waals surface area contributed by atoms with Crippen molar-refractivity contribution < 1.29 is 0 Å². The third kappa shape index (κ3) is 5.53. The van der Waals surface area contributed by atoms with Crippen LogP contribution in [0.2, 0.25) is 0 Å². The van der Waals surface area contributed by atoms with Gasteiger partial charge in [-0.15, -0.1) is 0 Å². The summed E-state index contributed by atoms with van der Waals surface area (Å²) in [5.41, 5.74) is 0. The third-order valence-corrected chi connectivity index (χ3v) is 4.04. The van der Waals surface area contributed by atoms with Crippen LogP contribution < -0.4 is 5.32 Å². The second-order valence-corrected chi connectivity index (χ2v) is 5.42. The summed E-state index contributed by atoms with van der Waals surface area (Å²) in [7, 11) is 1.88. The first-order valence-electron chi connectivity index (χ1n) is 8.04. The molecule has 1 aliphatic rings. The van der Waals surface area contributed by atoms with Gasteiger partial charge in [-0.25, -0.2) is 0 Å². The maximum absolute atomic E-state index is 4.42. The summed E-state index contributed by atoms with van der Waals surface area (Å²) >= 11 is 0. The normalized spacial score (nSPS) is 20.4. The summed E-state index contributed by atoms with van der Waals surface area (Å²) < 4.78 is 0. The number of nitrogens with one attached hydrogen (secondary N) is 1. The minimum atomic E-state index is 0.781. The number of likely N-dealkylation sites (tertiary alicyclic amines) is 1. The van der Waals surface area contributed by atoms with E-state index >= 15 is 0 Å². The monoisotopic (exact) mass is 280 g/mol. The quantitative estimate of drug-likeness (QED) is 0.336. The van der Waals surface area contributed by atoms with Crippen molar-refractivity contribution in [3.8, 4) is 0 Å². The highest BCUT2D eigenvalue weighted by molar-refractivity contribution is 5.80. The Morgan fingerprint density at radius 1 is 1.40 bits per heavy atom. The van der Waals surface area contributed by atoms with Gasteiger partial charge in [0.1, 0.15) is 0 Å².